The summed E-state index contributed by atoms with van der Waals surface area (Å²) in [4.78, 5) is 17.7. The highest BCUT2D eigenvalue weighted by Crippen LogP contribution is 2.24. The van der Waals surface area contributed by atoms with E-state index in [4.69, 9.17) is 11.6 Å². The highest BCUT2D eigenvalue weighted by atomic mass is 35.5. The second kappa shape index (κ2) is 10.3. The lowest BCUT2D eigenvalue weighted by Gasteiger charge is -2.05. The molecule has 0 aliphatic heterocycles. The van der Waals surface area contributed by atoms with Crippen LogP contribution in [0.25, 0.3) is 0 Å². The molecule has 0 fully saturated rings. The largest absolute Gasteiger partial charge is 0.305 e. The molecule has 0 bridgehead atoms. The van der Waals surface area contributed by atoms with Gasteiger partial charge in [0.05, 0.1) is 0 Å². The van der Waals surface area contributed by atoms with Gasteiger partial charge in [0.1, 0.15) is 0 Å². The number of hydrogen-bond donors (Lipinski definition) is 1. The quantitative estimate of drug-likeness (QED) is 0.350. The van der Waals surface area contributed by atoms with Gasteiger partial charge in [-0.3, -0.25) is 14.5 Å². The molecule has 0 radical (unpaired) electrons. The predicted molar refractivity (Wildman–Crippen MR) is 126 cm³/mol. The first kappa shape index (κ1) is 21.2. The van der Waals surface area contributed by atoms with Crippen molar-refractivity contribution < 1.29 is 4.79 Å². The topological polar surface area (TPSA) is 59.8 Å². The Bertz CT molecular complexity index is 1130. The van der Waals surface area contributed by atoms with Gasteiger partial charge in [-0.25, -0.2) is 0 Å². The number of pyridine rings is 1. The number of halogens is 1. The first-order valence-electron chi connectivity index (χ1n) is 9.87. The number of carbonyl (C=O) groups excluding carboxylic acids is 1. The van der Waals surface area contributed by atoms with Gasteiger partial charge in [0.2, 0.25) is 0 Å². The van der Waals surface area contributed by atoms with Crippen LogP contribution in [0.15, 0.2) is 90.2 Å². The van der Waals surface area contributed by atoms with E-state index >= 15 is 0 Å². The minimum absolute atomic E-state index is 0.170. The number of nitrogens with zero attached hydrogens (tertiary/aromatic N) is 3. The zero-order valence-electron chi connectivity index (χ0n) is 16.7. The summed E-state index contributed by atoms with van der Waals surface area (Å²) in [5.74, 6) is 1.20. The van der Waals surface area contributed by atoms with Crippen molar-refractivity contribution in [3.05, 3.63) is 107 Å². The van der Waals surface area contributed by atoms with E-state index < -0.39 is 0 Å². The number of carbonyl (C=O) groups is 1. The summed E-state index contributed by atoms with van der Waals surface area (Å²) in [5.41, 5.74) is 2.95. The summed E-state index contributed by atoms with van der Waals surface area (Å²) in [6.45, 7) is 0.736. The second-order valence-corrected chi connectivity index (χ2v) is 8.45. The molecular formula is C24H21ClN4OS. The minimum atomic E-state index is -0.170. The van der Waals surface area contributed by atoms with Crippen molar-refractivity contribution in [3.63, 3.8) is 0 Å². The Morgan fingerprint density at radius 2 is 1.68 bits per heavy atom. The minimum Gasteiger partial charge on any atom is -0.305 e. The van der Waals surface area contributed by atoms with E-state index in [1.807, 2.05) is 77.6 Å². The van der Waals surface area contributed by atoms with Crippen molar-refractivity contribution in [2.24, 2.45) is 0 Å². The average Bonchev–Trinajstić information content (AvgIpc) is 3.25. The van der Waals surface area contributed by atoms with E-state index in [2.05, 4.69) is 15.4 Å². The standard InChI is InChI=1S/C24H21ClN4OS/c25-21-5-7-22(8-6-21)31-17-19-1-3-20(4-2-19)24(30)27-23-12-16-29(28-23)15-11-18-9-13-26-14-10-18/h1-10,12-14,16H,11,15,17H2,(H,27,28,30). The van der Waals surface area contributed by atoms with Crippen LogP contribution in [0.2, 0.25) is 5.02 Å². The molecule has 4 rings (SSSR count). The molecule has 156 valence electrons. The fourth-order valence-electron chi connectivity index (χ4n) is 2.98. The Balaban J connectivity index is 1.28. The molecule has 0 spiro atoms. The lowest BCUT2D eigenvalue weighted by Crippen LogP contribution is -2.13. The van der Waals surface area contributed by atoms with Crippen molar-refractivity contribution >= 4 is 35.1 Å². The third-order valence-corrected chi connectivity index (χ3v) is 6.03. The molecule has 7 heteroatoms. The summed E-state index contributed by atoms with van der Waals surface area (Å²) in [6.07, 6.45) is 6.29. The van der Waals surface area contributed by atoms with Gasteiger partial charge in [-0.05, 0) is 66.1 Å². The van der Waals surface area contributed by atoms with Crippen LogP contribution in [0.5, 0.6) is 0 Å². The number of hydrogen-bond acceptors (Lipinski definition) is 4. The molecule has 31 heavy (non-hydrogen) atoms. The van der Waals surface area contributed by atoms with Crippen molar-refractivity contribution in [3.8, 4) is 0 Å². The molecule has 0 saturated heterocycles. The Morgan fingerprint density at radius 3 is 2.42 bits per heavy atom. The van der Waals surface area contributed by atoms with Crippen molar-refractivity contribution in [1.29, 1.82) is 0 Å². The molecule has 5 nitrogen and oxygen atoms in total. The maximum Gasteiger partial charge on any atom is 0.256 e. The molecule has 1 N–H and O–H groups in total. The summed E-state index contributed by atoms with van der Waals surface area (Å²) < 4.78 is 1.83. The van der Waals surface area contributed by atoms with Crippen LogP contribution in [0.3, 0.4) is 0 Å². The van der Waals surface area contributed by atoms with Gasteiger partial charge >= 0.3 is 0 Å². The first-order chi connectivity index (χ1) is 15.2. The number of aryl methyl sites for hydroxylation is 2. The molecule has 0 aliphatic rings. The summed E-state index contributed by atoms with van der Waals surface area (Å²) >= 11 is 7.65. The summed E-state index contributed by atoms with van der Waals surface area (Å²) in [5, 5.41) is 8.03. The molecule has 2 aromatic carbocycles. The SMILES string of the molecule is O=C(Nc1ccn(CCc2ccncc2)n1)c1ccc(CSc2ccc(Cl)cc2)cc1. The maximum absolute atomic E-state index is 12.5. The van der Waals surface area contributed by atoms with Gasteiger partial charge in [-0.15, -0.1) is 11.8 Å². The number of rotatable bonds is 8. The van der Waals surface area contributed by atoms with Crippen LogP contribution in [-0.4, -0.2) is 20.7 Å². The number of nitrogens with one attached hydrogen (secondary N) is 1. The molecule has 0 unspecified atom stereocenters. The van der Waals surface area contributed by atoms with Crippen molar-refractivity contribution in [1.82, 2.24) is 14.8 Å². The first-order valence-corrected chi connectivity index (χ1v) is 11.2. The van der Waals surface area contributed by atoms with E-state index in [-0.39, 0.29) is 5.91 Å². The number of thioether (sulfide) groups is 1. The van der Waals surface area contributed by atoms with Gasteiger partial charge in [0, 0.05) is 52.4 Å². The molecule has 0 aliphatic carbocycles. The average molecular weight is 449 g/mol. The van der Waals surface area contributed by atoms with Crippen LogP contribution in [-0.2, 0) is 18.7 Å². The molecule has 4 aromatic rings. The number of anilines is 1. The molecular weight excluding hydrogens is 428 g/mol. The van der Waals surface area contributed by atoms with Gasteiger partial charge in [-0.1, -0.05) is 23.7 Å². The van der Waals surface area contributed by atoms with Gasteiger partial charge in [0.25, 0.3) is 5.91 Å². The zero-order valence-corrected chi connectivity index (χ0v) is 18.3. The Morgan fingerprint density at radius 1 is 0.935 bits per heavy atom. The third-order valence-electron chi connectivity index (χ3n) is 4.70. The molecule has 0 saturated carbocycles. The molecule has 0 atom stereocenters. The fourth-order valence-corrected chi connectivity index (χ4v) is 3.96. The van der Waals surface area contributed by atoms with E-state index in [9.17, 15) is 4.79 Å². The highest BCUT2D eigenvalue weighted by molar-refractivity contribution is 7.98. The zero-order chi connectivity index (χ0) is 21.5. The fraction of sp³-hybridized carbons (Fsp3) is 0.125. The van der Waals surface area contributed by atoms with Crippen molar-refractivity contribution in [2.75, 3.05) is 5.32 Å². The van der Waals surface area contributed by atoms with E-state index in [0.29, 0.717) is 11.4 Å². The van der Waals surface area contributed by atoms with Gasteiger partial charge < -0.3 is 5.32 Å². The monoisotopic (exact) mass is 448 g/mol. The molecule has 1 amide bonds. The number of benzene rings is 2. The Kier molecular flexibility index (Phi) is 7.02. The van der Waals surface area contributed by atoms with E-state index in [1.165, 1.54) is 5.56 Å². The van der Waals surface area contributed by atoms with Crippen LogP contribution in [0.1, 0.15) is 21.5 Å². The highest BCUT2D eigenvalue weighted by Gasteiger charge is 2.08. The second-order valence-electron chi connectivity index (χ2n) is 6.96. The van der Waals surface area contributed by atoms with Crippen LogP contribution >= 0.6 is 23.4 Å². The third kappa shape index (κ3) is 6.20. The van der Waals surface area contributed by atoms with Crippen molar-refractivity contribution in [2.45, 2.75) is 23.6 Å². The van der Waals surface area contributed by atoms with E-state index in [1.54, 1.807) is 24.2 Å². The maximum atomic E-state index is 12.5. The smallest absolute Gasteiger partial charge is 0.256 e. The Labute approximate surface area is 190 Å². The number of amides is 1. The molecule has 2 heterocycles. The summed E-state index contributed by atoms with van der Waals surface area (Å²) in [6, 6.07) is 21.2. The normalized spacial score (nSPS) is 10.7. The van der Waals surface area contributed by atoms with Crippen LogP contribution in [0, 0.1) is 0 Å². The predicted octanol–water partition coefficient (Wildman–Crippen LogP) is 5.72. The lowest BCUT2D eigenvalue weighted by atomic mass is 10.1. The molecule has 2 aromatic heterocycles. The lowest BCUT2D eigenvalue weighted by molar-refractivity contribution is 0.102. The summed E-state index contributed by atoms with van der Waals surface area (Å²) in [7, 11) is 0. The van der Waals surface area contributed by atoms with Gasteiger partial charge in [0.15, 0.2) is 5.82 Å². The van der Waals surface area contributed by atoms with E-state index in [0.717, 1.165) is 34.2 Å². The Hall–Kier alpha value is -3.09. The van der Waals surface area contributed by atoms with Crippen LogP contribution in [0.4, 0.5) is 5.82 Å². The van der Waals surface area contributed by atoms with Gasteiger partial charge in [-0.2, -0.15) is 5.10 Å². The van der Waals surface area contributed by atoms with Crippen LogP contribution < -0.4 is 5.32 Å². The number of aromatic nitrogens is 3.